The zero-order valence-corrected chi connectivity index (χ0v) is 18.4. The van der Waals surface area contributed by atoms with Crippen LogP contribution in [0.1, 0.15) is 31.0 Å². The minimum atomic E-state index is -0.615. The lowest BCUT2D eigenvalue weighted by Crippen LogP contribution is -2.39. The van der Waals surface area contributed by atoms with Gasteiger partial charge in [-0.05, 0) is 60.0 Å². The first-order valence-electron chi connectivity index (χ1n) is 9.39. The van der Waals surface area contributed by atoms with Crippen molar-refractivity contribution in [3.8, 4) is 5.75 Å². The summed E-state index contributed by atoms with van der Waals surface area (Å²) in [4.78, 5) is 31.3. The monoisotopic (exact) mass is 440 g/mol. The van der Waals surface area contributed by atoms with Crippen LogP contribution in [-0.2, 0) is 9.53 Å². The summed E-state index contributed by atoms with van der Waals surface area (Å²) in [5.74, 6) is 0.230. The first-order valence-corrected chi connectivity index (χ1v) is 11.1. The van der Waals surface area contributed by atoms with Gasteiger partial charge in [-0.1, -0.05) is 23.5 Å². The number of thiophene rings is 1. The Labute approximate surface area is 181 Å². The van der Waals surface area contributed by atoms with Gasteiger partial charge in [0, 0.05) is 0 Å². The van der Waals surface area contributed by atoms with Crippen LogP contribution in [0, 0.1) is 0 Å². The number of nitrogens with zero attached hydrogens (tertiary/aromatic N) is 2. The third-order valence-electron chi connectivity index (χ3n) is 4.79. The summed E-state index contributed by atoms with van der Waals surface area (Å²) in [5.41, 5.74) is 2.50. The molecule has 0 saturated carbocycles. The number of methoxy groups -OCH3 is 1. The first-order chi connectivity index (χ1) is 14.5. The van der Waals surface area contributed by atoms with E-state index < -0.39 is 12.0 Å². The van der Waals surface area contributed by atoms with Gasteiger partial charge < -0.3 is 9.47 Å². The molecule has 0 saturated heterocycles. The summed E-state index contributed by atoms with van der Waals surface area (Å²) in [7, 11) is 1.59. The van der Waals surface area contributed by atoms with Crippen molar-refractivity contribution in [2.45, 2.75) is 19.9 Å². The number of thiazole rings is 1. The van der Waals surface area contributed by atoms with E-state index in [1.54, 1.807) is 36.9 Å². The number of benzene rings is 1. The molecule has 1 aromatic carbocycles. The fourth-order valence-electron chi connectivity index (χ4n) is 3.40. The highest BCUT2D eigenvalue weighted by molar-refractivity contribution is 7.08. The summed E-state index contributed by atoms with van der Waals surface area (Å²) < 4.78 is 12.7. The second kappa shape index (κ2) is 8.41. The largest absolute Gasteiger partial charge is 0.497 e. The molecule has 0 radical (unpaired) electrons. The van der Waals surface area contributed by atoms with Crippen LogP contribution < -0.4 is 19.6 Å². The Kier molecular flexibility index (Phi) is 5.69. The number of ether oxygens (including phenoxy) is 2. The fraction of sp³-hybridized carbons (Fsp3) is 0.227. The molecule has 0 spiro atoms. The van der Waals surface area contributed by atoms with Crippen LogP contribution in [-0.4, -0.2) is 24.3 Å². The van der Waals surface area contributed by atoms with Gasteiger partial charge in [-0.25, -0.2) is 9.79 Å². The van der Waals surface area contributed by atoms with Gasteiger partial charge in [0.25, 0.3) is 5.56 Å². The Morgan fingerprint density at radius 1 is 1.27 bits per heavy atom. The Morgan fingerprint density at radius 2 is 2.03 bits per heavy atom. The summed E-state index contributed by atoms with van der Waals surface area (Å²) in [6.07, 6.45) is 1.86. The molecule has 8 heteroatoms. The minimum Gasteiger partial charge on any atom is -0.497 e. The number of hydrogen-bond acceptors (Lipinski definition) is 7. The van der Waals surface area contributed by atoms with Gasteiger partial charge in [-0.2, -0.15) is 11.3 Å². The Balaban J connectivity index is 1.95. The smallest absolute Gasteiger partial charge is 0.338 e. The average molecular weight is 441 g/mol. The highest BCUT2D eigenvalue weighted by Gasteiger charge is 2.33. The molecule has 0 amide bonds. The van der Waals surface area contributed by atoms with Gasteiger partial charge in [-0.3, -0.25) is 9.36 Å². The fourth-order valence-corrected chi connectivity index (χ4v) is 5.07. The highest BCUT2D eigenvalue weighted by atomic mass is 32.1. The normalized spacial score (nSPS) is 16.2. The van der Waals surface area contributed by atoms with Crippen LogP contribution in [0.2, 0.25) is 0 Å². The topological polar surface area (TPSA) is 69.9 Å². The van der Waals surface area contributed by atoms with E-state index in [4.69, 9.17) is 9.47 Å². The summed E-state index contributed by atoms with van der Waals surface area (Å²) in [6.45, 7) is 3.78. The standard InChI is InChI=1S/C22H20N2O4S2/c1-4-28-21(26)18-13(2)23-22-24(19(18)15-5-7-16(27-3)8-6-15)20(25)17(30-22)11-14-9-10-29-12-14/h5-12,19H,4H2,1-3H3/t19-/m0/s1. The van der Waals surface area contributed by atoms with Crippen molar-refractivity contribution in [2.75, 3.05) is 13.7 Å². The van der Waals surface area contributed by atoms with Crippen molar-refractivity contribution in [1.29, 1.82) is 0 Å². The second-order valence-electron chi connectivity index (χ2n) is 6.63. The molecule has 0 unspecified atom stereocenters. The molecule has 6 nitrogen and oxygen atoms in total. The molecule has 3 heterocycles. The molecule has 1 aliphatic rings. The molecule has 3 aromatic rings. The van der Waals surface area contributed by atoms with Crippen LogP contribution in [0.3, 0.4) is 0 Å². The molecule has 0 N–H and O–H groups in total. The minimum absolute atomic E-state index is 0.180. The third-order valence-corrected chi connectivity index (χ3v) is 6.47. The second-order valence-corrected chi connectivity index (χ2v) is 8.42. The van der Waals surface area contributed by atoms with Crippen molar-refractivity contribution in [3.05, 3.63) is 83.2 Å². The van der Waals surface area contributed by atoms with Crippen molar-refractivity contribution in [2.24, 2.45) is 4.99 Å². The molecule has 30 heavy (non-hydrogen) atoms. The molecule has 2 aromatic heterocycles. The Morgan fingerprint density at radius 3 is 2.67 bits per heavy atom. The van der Waals surface area contributed by atoms with E-state index in [9.17, 15) is 9.59 Å². The van der Waals surface area contributed by atoms with Gasteiger partial charge in [-0.15, -0.1) is 0 Å². The van der Waals surface area contributed by atoms with E-state index in [0.717, 1.165) is 11.1 Å². The summed E-state index contributed by atoms with van der Waals surface area (Å²) in [5, 5.41) is 3.94. The number of carbonyl (C=O) groups is 1. The molecule has 154 valence electrons. The number of allylic oxidation sites excluding steroid dienone is 1. The van der Waals surface area contributed by atoms with Crippen LogP contribution in [0.5, 0.6) is 5.75 Å². The zero-order valence-electron chi connectivity index (χ0n) is 16.7. The van der Waals surface area contributed by atoms with E-state index in [1.807, 2.05) is 47.2 Å². The van der Waals surface area contributed by atoms with Crippen LogP contribution in [0.15, 0.2) is 62.1 Å². The lowest BCUT2D eigenvalue weighted by atomic mass is 9.96. The van der Waals surface area contributed by atoms with E-state index in [1.165, 1.54) is 11.3 Å². The van der Waals surface area contributed by atoms with Crippen molar-refractivity contribution < 1.29 is 14.3 Å². The molecule has 0 fully saturated rings. The van der Waals surface area contributed by atoms with Crippen LogP contribution >= 0.6 is 22.7 Å². The molecular weight excluding hydrogens is 420 g/mol. The van der Waals surface area contributed by atoms with Gasteiger partial charge in [0.2, 0.25) is 0 Å². The maximum absolute atomic E-state index is 13.4. The molecular formula is C22H20N2O4S2. The van der Waals surface area contributed by atoms with E-state index in [0.29, 0.717) is 26.4 Å². The third kappa shape index (κ3) is 3.64. The lowest BCUT2D eigenvalue weighted by Gasteiger charge is -2.24. The summed E-state index contributed by atoms with van der Waals surface area (Å²) in [6, 6.07) is 8.69. The Hall–Kier alpha value is -2.97. The maximum Gasteiger partial charge on any atom is 0.338 e. The number of rotatable bonds is 5. The highest BCUT2D eigenvalue weighted by Crippen LogP contribution is 2.31. The zero-order chi connectivity index (χ0) is 21.3. The van der Waals surface area contributed by atoms with E-state index >= 15 is 0 Å². The van der Waals surface area contributed by atoms with E-state index in [-0.39, 0.29) is 12.2 Å². The van der Waals surface area contributed by atoms with Crippen molar-refractivity contribution >= 4 is 34.7 Å². The first kappa shape index (κ1) is 20.3. The van der Waals surface area contributed by atoms with Gasteiger partial charge in [0.15, 0.2) is 4.80 Å². The SMILES string of the molecule is CCOC(=O)C1=C(C)N=c2sc(=Cc3ccsc3)c(=O)n2[C@H]1c1ccc(OC)cc1. The number of hydrogen-bond donors (Lipinski definition) is 0. The number of aromatic nitrogens is 1. The van der Waals surface area contributed by atoms with Crippen molar-refractivity contribution in [3.63, 3.8) is 0 Å². The van der Waals surface area contributed by atoms with Gasteiger partial charge >= 0.3 is 5.97 Å². The maximum atomic E-state index is 13.4. The predicted molar refractivity (Wildman–Crippen MR) is 118 cm³/mol. The van der Waals surface area contributed by atoms with Gasteiger partial charge in [0.05, 0.1) is 35.6 Å². The van der Waals surface area contributed by atoms with E-state index in [2.05, 4.69) is 4.99 Å². The number of fused-ring (bicyclic) bond motifs is 1. The Bertz CT molecular complexity index is 1280. The molecule has 0 aliphatic carbocycles. The van der Waals surface area contributed by atoms with Crippen LogP contribution in [0.4, 0.5) is 0 Å². The summed E-state index contributed by atoms with van der Waals surface area (Å²) >= 11 is 2.89. The van der Waals surface area contributed by atoms with Crippen LogP contribution in [0.25, 0.3) is 6.08 Å². The quantitative estimate of drug-likeness (QED) is 0.572. The predicted octanol–water partition coefficient (Wildman–Crippen LogP) is 2.87. The lowest BCUT2D eigenvalue weighted by molar-refractivity contribution is -0.139. The number of esters is 1. The number of carbonyl (C=O) groups excluding carboxylic acids is 1. The molecule has 1 aliphatic heterocycles. The average Bonchev–Trinajstić information content (AvgIpc) is 3.36. The molecule has 1 atom stereocenters. The van der Waals surface area contributed by atoms with Gasteiger partial charge in [0.1, 0.15) is 5.75 Å². The van der Waals surface area contributed by atoms with Crippen molar-refractivity contribution in [1.82, 2.24) is 4.57 Å². The molecule has 4 rings (SSSR count). The molecule has 0 bridgehead atoms.